The van der Waals surface area contributed by atoms with Crippen LogP contribution in [0, 0.1) is 5.92 Å². The van der Waals surface area contributed by atoms with Crippen molar-refractivity contribution in [2.75, 3.05) is 0 Å². The molecule has 1 atom stereocenters. The zero-order chi connectivity index (χ0) is 17.0. The molecule has 0 aliphatic heterocycles. The van der Waals surface area contributed by atoms with Crippen molar-refractivity contribution in [2.24, 2.45) is 5.92 Å². The number of hydrogen-bond donors (Lipinski definition) is 1. The molecule has 0 saturated heterocycles. The predicted octanol–water partition coefficient (Wildman–Crippen LogP) is 3.67. The summed E-state index contributed by atoms with van der Waals surface area (Å²) in [7, 11) is 0. The molecule has 0 spiro atoms. The van der Waals surface area contributed by atoms with Gasteiger partial charge in [-0.2, -0.15) is 13.2 Å². The number of amides is 1. The van der Waals surface area contributed by atoms with E-state index >= 15 is 0 Å². The zero-order valence-electron chi connectivity index (χ0n) is 13.1. The van der Waals surface area contributed by atoms with Gasteiger partial charge in [-0.3, -0.25) is 4.79 Å². The van der Waals surface area contributed by atoms with Crippen LogP contribution in [-0.2, 0) is 11.0 Å². The van der Waals surface area contributed by atoms with Crippen LogP contribution in [-0.4, -0.2) is 27.2 Å². The Kier molecular flexibility index (Phi) is 5.89. The summed E-state index contributed by atoms with van der Waals surface area (Å²) in [5.41, 5.74) is -0.992. The Morgan fingerprint density at radius 2 is 2.00 bits per heavy atom. The number of nitrogens with one attached hydrogen (secondary N) is 1. The number of nitrogens with zero attached hydrogens (tertiary/aromatic N) is 2. The summed E-state index contributed by atoms with van der Waals surface area (Å²) >= 11 is 0.984. The summed E-state index contributed by atoms with van der Waals surface area (Å²) in [4.78, 5) is 19.8. The van der Waals surface area contributed by atoms with Crippen molar-refractivity contribution < 1.29 is 18.0 Å². The fourth-order valence-electron chi connectivity index (χ4n) is 2.51. The molecule has 1 N–H and O–H groups in total. The summed E-state index contributed by atoms with van der Waals surface area (Å²) in [5, 5.41) is 2.45. The number of carbonyl (C=O) groups excluding carboxylic acids is 1. The van der Waals surface area contributed by atoms with Gasteiger partial charge in [0, 0.05) is 12.2 Å². The van der Waals surface area contributed by atoms with Crippen molar-refractivity contribution >= 4 is 17.7 Å². The lowest BCUT2D eigenvalue weighted by Crippen LogP contribution is -2.41. The first kappa shape index (κ1) is 18.0. The molecule has 1 aliphatic carbocycles. The van der Waals surface area contributed by atoms with Gasteiger partial charge in [0.15, 0.2) is 5.16 Å². The van der Waals surface area contributed by atoms with Crippen LogP contribution in [0.5, 0.6) is 0 Å². The molecule has 2 rings (SSSR count). The molecular formula is C15H20F3N3OS. The van der Waals surface area contributed by atoms with E-state index in [0.29, 0.717) is 0 Å². The van der Waals surface area contributed by atoms with Crippen molar-refractivity contribution in [3.05, 3.63) is 18.0 Å². The van der Waals surface area contributed by atoms with Gasteiger partial charge >= 0.3 is 6.18 Å². The van der Waals surface area contributed by atoms with Crippen LogP contribution in [0.2, 0.25) is 0 Å². The number of halogens is 3. The van der Waals surface area contributed by atoms with E-state index in [1.165, 1.54) is 0 Å². The summed E-state index contributed by atoms with van der Waals surface area (Å²) in [6.07, 6.45) is 0.674. The van der Waals surface area contributed by atoms with Crippen molar-refractivity contribution in [1.29, 1.82) is 0 Å². The maximum atomic E-state index is 12.7. The Morgan fingerprint density at radius 1 is 1.35 bits per heavy atom. The molecule has 0 bridgehead atoms. The van der Waals surface area contributed by atoms with Crippen molar-refractivity contribution in [3.8, 4) is 0 Å². The van der Waals surface area contributed by atoms with Crippen molar-refractivity contribution in [1.82, 2.24) is 15.3 Å². The van der Waals surface area contributed by atoms with Crippen LogP contribution >= 0.6 is 11.8 Å². The van der Waals surface area contributed by atoms with E-state index < -0.39 is 17.1 Å². The quantitative estimate of drug-likeness (QED) is 0.652. The standard InChI is InChI=1S/C15H20F3N3OS/c1-9(2)12(13(22)20-10-5-3-4-6-10)23-14-19-8-7-11(21-14)15(16,17)18/h7-10,12H,3-6H2,1-2H3,(H,20,22). The van der Waals surface area contributed by atoms with Gasteiger partial charge in [0.05, 0.1) is 5.25 Å². The molecule has 23 heavy (non-hydrogen) atoms. The van der Waals surface area contributed by atoms with Gasteiger partial charge in [-0.1, -0.05) is 38.5 Å². The van der Waals surface area contributed by atoms with E-state index in [4.69, 9.17) is 0 Å². The van der Waals surface area contributed by atoms with Gasteiger partial charge in [-0.25, -0.2) is 9.97 Å². The molecule has 8 heteroatoms. The van der Waals surface area contributed by atoms with E-state index in [1.807, 2.05) is 13.8 Å². The highest BCUT2D eigenvalue weighted by Gasteiger charge is 2.34. The zero-order valence-corrected chi connectivity index (χ0v) is 13.9. The first-order valence-corrected chi connectivity index (χ1v) is 8.52. The first-order chi connectivity index (χ1) is 10.8. The summed E-state index contributed by atoms with van der Waals surface area (Å²) in [5.74, 6) is -0.197. The maximum Gasteiger partial charge on any atom is 0.433 e. The van der Waals surface area contributed by atoms with Gasteiger partial charge in [-0.15, -0.1) is 0 Å². The fraction of sp³-hybridized carbons (Fsp3) is 0.667. The summed E-state index contributed by atoms with van der Waals surface area (Å²) in [6.45, 7) is 3.72. The Morgan fingerprint density at radius 3 is 2.57 bits per heavy atom. The monoisotopic (exact) mass is 347 g/mol. The van der Waals surface area contributed by atoms with E-state index in [9.17, 15) is 18.0 Å². The minimum absolute atomic E-state index is 0.0277. The number of alkyl halides is 3. The molecule has 1 amide bonds. The topological polar surface area (TPSA) is 54.9 Å². The van der Waals surface area contributed by atoms with Gasteiger partial charge in [0.25, 0.3) is 0 Å². The number of carbonyl (C=O) groups is 1. The minimum Gasteiger partial charge on any atom is -0.352 e. The number of rotatable bonds is 5. The van der Waals surface area contributed by atoms with E-state index in [-0.39, 0.29) is 23.0 Å². The molecule has 0 aromatic carbocycles. The molecule has 1 unspecified atom stereocenters. The highest BCUT2D eigenvalue weighted by molar-refractivity contribution is 8.00. The Balaban J connectivity index is 2.08. The van der Waals surface area contributed by atoms with Crippen molar-refractivity contribution in [3.63, 3.8) is 0 Å². The van der Waals surface area contributed by atoms with Crippen LogP contribution in [0.4, 0.5) is 13.2 Å². The second-order valence-corrected chi connectivity index (χ2v) is 7.10. The summed E-state index contributed by atoms with van der Waals surface area (Å²) in [6, 6.07) is 0.999. The SMILES string of the molecule is CC(C)C(Sc1nccc(C(F)(F)F)n1)C(=O)NC1CCCC1. The van der Waals surface area contributed by atoms with E-state index in [2.05, 4.69) is 15.3 Å². The molecule has 0 radical (unpaired) electrons. The molecule has 128 valence electrons. The Hall–Kier alpha value is -1.31. The molecule has 4 nitrogen and oxygen atoms in total. The normalized spacial score (nSPS) is 17.5. The lowest BCUT2D eigenvalue weighted by atomic mass is 10.1. The number of aromatic nitrogens is 2. The molecule has 1 aromatic rings. The van der Waals surface area contributed by atoms with Gasteiger partial charge in [0.1, 0.15) is 5.69 Å². The Labute approximate surface area is 137 Å². The third-order valence-corrected chi connectivity index (χ3v) is 5.14. The molecule has 1 heterocycles. The van der Waals surface area contributed by atoms with Crippen LogP contribution in [0.1, 0.15) is 45.2 Å². The van der Waals surface area contributed by atoms with Crippen LogP contribution < -0.4 is 5.32 Å². The average Bonchev–Trinajstić information content (AvgIpc) is 2.96. The third-order valence-electron chi connectivity index (χ3n) is 3.72. The first-order valence-electron chi connectivity index (χ1n) is 7.64. The molecule has 1 fully saturated rings. The molecule has 1 aromatic heterocycles. The number of hydrogen-bond acceptors (Lipinski definition) is 4. The molecular weight excluding hydrogens is 327 g/mol. The number of thioether (sulfide) groups is 1. The van der Waals surface area contributed by atoms with Crippen LogP contribution in [0.25, 0.3) is 0 Å². The van der Waals surface area contributed by atoms with Crippen molar-refractivity contribution in [2.45, 2.75) is 62.2 Å². The van der Waals surface area contributed by atoms with E-state index in [1.54, 1.807) is 0 Å². The highest BCUT2D eigenvalue weighted by Crippen LogP contribution is 2.31. The smallest absolute Gasteiger partial charge is 0.352 e. The molecule has 1 saturated carbocycles. The van der Waals surface area contributed by atoms with Gasteiger partial charge in [0.2, 0.25) is 5.91 Å². The largest absolute Gasteiger partial charge is 0.433 e. The Bertz CT molecular complexity index is 545. The average molecular weight is 347 g/mol. The van der Waals surface area contributed by atoms with Gasteiger partial charge < -0.3 is 5.32 Å². The predicted molar refractivity (Wildman–Crippen MR) is 81.9 cm³/mol. The second-order valence-electron chi connectivity index (χ2n) is 5.99. The maximum absolute atomic E-state index is 12.7. The second kappa shape index (κ2) is 7.51. The third kappa shape index (κ3) is 5.09. The van der Waals surface area contributed by atoms with Crippen LogP contribution in [0.3, 0.4) is 0 Å². The van der Waals surface area contributed by atoms with E-state index in [0.717, 1.165) is 49.7 Å². The minimum atomic E-state index is -4.52. The fourth-order valence-corrected chi connectivity index (χ4v) is 3.46. The highest BCUT2D eigenvalue weighted by atomic mass is 32.2. The summed E-state index contributed by atoms with van der Waals surface area (Å²) < 4.78 is 38.1. The lowest BCUT2D eigenvalue weighted by molar-refractivity contribution is -0.141. The molecule has 1 aliphatic rings. The lowest BCUT2D eigenvalue weighted by Gasteiger charge is -2.21. The van der Waals surface area contributed by atoms with Gasteiger partial charge in [-0.05, 0) is 24.8 Å². The van der Waals surface area contributed by atoms with Crippen LogP contribution in [0.15, 0.2) is 17.4 Å².